The van der Waals surface area contributed by atoms with Crippen molar-refractivity contribution in [3.05, 3.63) is 24.5 Å². The highest BCUT2D eigenvalue weighted by Gasteiger charge is 2.52. The van der Waals surface area contributed by atoms with Gasteiger partial charge in [-0.1, -0.05) is 6.07 Å². The van der Waals surface area contributed by atoms with Crippen LogP contribution in [-0.4, -0.2) is 32.9 Å². The molecule has 0 bridgehead atoms. The van der Waals surface area contributed by atoms with E-state index in [1.54, 1.807) is 6.33 Å². The first-order valence-corrected chi connectivity index (χ1v) is 6.05. The lowest BCUT2D eigenvalue weighted by atomic mass is 9.84. The summed E-state index contributed by atoms with van der Waals surface area (Å²) < 4.78 is 13.9. The van der Waals surface area contributed by atoms with E-state index in [-0.39, 0.29) is 11.2 Å². The molecule has 0 N–H and O–H groups in total. The second kappa shape index (κ2) is 3.55. The van der Waals surface area contributed by atoms with E-state index in [1.807, 2.05) is 50.3 Å². The minimum Gasteiger partial charge on any atom is -0.398 e. The van der Waals surface area contributed by atoms with Crippen molar-refractivity contribution in [1.82, 2.24) is 14.6 Å². The minimum atomic E-state index is -0.394. The van der Waals surface area contributed by atoms with Crippen molar-refractivity contribution >= 4 is 18.4 Å². The Labute approximate surface area is 106 Å². The number of aromatic nitrogens is 3. The molecule has 2 aromatic heterocycles. The van der Waals surface area contributed by atoms with Crippen LogP contribution in [0.25, 0.3) is 5.65 Å². The molecular formula is C12H16BN3O2. The van der Waals surface area contributed by atoms with Gasteiger partial charge in [-0.3, -0.25) is 4.40 Å². The predicted molar refractivity (Wildman–Crippen MR) is 68.7 cm³/mol. The highest BCUT2D eigenvalue weighted by atomic mass is 16.7. The molecule has 0 aliphatic carbocycles. The highest BCUT2D eigenvalue weighted by molar-refractivity contribution is 6.61. The molecule has 18 heavy (non-hydrogen) atoms. The maximum Gasteiger partial charge on any atom is 0.512 e. The van der Waals surface area contributed by atoms with E-state index >= 15 is 0 Å². The van der Waals surface area contributed by atoms with Gasteiger partial charge in [-0.2, -0.15) is 0 Å². The Morgan fingerprint density at radius 1 is 1.11 bits per heavy atom. The average Bonchev–Trinajstić information content (AvgIpc) is 2.81. The van der Waals surface area contributed by atoms with E-state index < -0.39 is 7.12 Å². The highest BCUT2D eigenvalue weighted by Crippen LogP contribution is 2.36. The Morgan fingerprint density at radius 3 is 2.44 bits per heavy atom. The normalized spacial score (nSPS) is 21.7. The van der Waals surface area contributed by atoms with Gasteiger partial charge in [-0.25, -0.2) is 0 Å². The van der Waals surface area contributed by atoms with E-state index in [0.29, 0.717) is 0 Å². The van der Waals surface area contributed by atoms with Gasteiger partial charge in [0.1, 0.15) is 6.33 Å². The fraction of sp³-hybridized carbons (Fsp3) is 0.500. The molecule has 1 aliphatic rings. The summed E-state index contributed by atoms with van der Waals surface area (Å²) in [6.45, 7) is 8.16. The van der Waals surface area contributed by atoms with Gasteiger partial charge in [0, 0.05) is 0 Å². The summed E-state index contributed by atoms with van der Waals surface area (Å²) >= 11 is 0. The molecule has 1 aliphatic heterocycles. The number of pyridine rings is 1. The maximum atomic E-state index is 6.03. The zero-order valence-corrected chi connectivity index (χ0v) is 11.0. The molecule has 2 aromatic rings. The van der Waals surface area contributed by atoms with Crippen LogP contribution in [0.15, 0.2) is 24.5 Å². The molecule has 5 nitrogen and oxygen atoms in total. The second-order valence-electron chi connectivity index (χ2n) is 5.60. The quantitative estimate of drug-likeness (QED) is 0.704. The second-order valence-corrected chi connectivity index (χ2v) is 5.60. The molecule has 0 amide bonds. The Morgan fingerprint density at radius 2 is 1.78 bits per heavy atom. The molecular weight excluding hydrogens is 229 g/mol. The van der Waals surface area contributed by atoms with Gasteiger partial charge in [0.15, 0.2) is 5.65 Å². The number of fused-ring (bicyclic) bond motifs is 1. The Balaban J connectivity index is 2.05. The summed E-state index contributed by atoms with van der Waals surface area (Å²) in [5.41, 5.74) is 1.03. The van der Waals surface area contributed by atoms with Crippen LogP contribution >= 0.6 is 0 Å². The molecule has 1 saturated heterocycles. The van der Waals surface area contributed by atoms with Crippen molar-refractivity contribution in [3.8, 4) is 0 Å². The Bertz CT molecular complexity index is 578. The van der Waals surface area contributed by atoms with Crippen LogP contribution < -0.4 is 5.59 Å². The topological polar surface area (TPSA) is 48.7 Å². The monoisotopic (exact) mass is 245 g/mol. The van der Waals surface area contributed by atoms with Crippen LogP contribution in [0.4, 0.5) is 0 Å². The van der Waals surface area contributed by atoms with Crippen LogP contribution in [0.3, 0.4) is 0 Å². The van der Waals surface area contributed by atoms with E-state index in [0.717, 1.165) is 11.2 Å². The third-order valence-electron chi connectivity index (χ3n) is 3.86. The number of hydrogen-bond acceptors (Lipinski definition) is 4. The van der Waals surface area contributed by atoms with Crippen molar-refractivity contribution in [3.63, 3.8) is 0 Å². The van der Waals surface area contributed by atoms with Crippen molar-refractivity contribution in [2.75, 3.05) is 0 Å². The fourth-order valence-electron chi connectivity index (χ4n) is 2.03. The summed E-state index contributed by atoms with van der Waals surface area (Å²) in [7, 11) is -0.394. The zero-order valence-electron chi connectivity index (χ0n) is 11.0. The molecule has 0 aromatic carbocycles. The molecule has 3 heterocycles. The molecule has 0 unspecified atom stereocenters. The van der Waals surface area contributed by atoms with Crippen LogP contribution in [0, 0.1) is 0 Å². The maximum absolute atomic E-state index is 6.03. The average molecular weight is 245 g/mol. The van der Waals surface area contributed by atoms with E-state index in [1.165, 1.54) is 0 Å². The van der Waals surface area contributed by atoms with Gasteiger partial charge >= 0.3 is 7.12 Å². The molecule has 94 valence electrons. The first-order chi connectivity index (χ1) is 8.41. The van der Waals surface area contributed by atoms with Gasteiger partial charge in [0.25, 0.3) is 0 Å². The van der Waals surface area contributed by atoms with Crippen LogP contribution in [-0.2, 0) is 9.31 Å². The molecule has 3 rings (SSSR count). The van der Waals surface area contributed by atoms with E-state index in [2.05, 4.69) is 10.2 Å². The van der Waals surface area contributed by atoms with Gasteiger partial charge in [0.2, 0.25) is 0 Å². The molecule has 0 atom stereocenters. The van der Waals surface area contributed by atoms with Crippen LogP contribution in [0.5, 0.6) is 0 Å². The Hall–Kier alpha value is -1.40. The first kappa shape index (κ1) is 11.7. The van der Waals surface area contributed by atoms with Gasteiger partial charge in [-0.05, 0) is 39.8 Å². The number of rotatable bonds is 1. The summed E-state index contributed by atoms with van der Waals surface area (Å²) in [5.74, 6) is 0. The standard InChI is InChI=1S/C12H16BN3O2/c1-11(2)12(3,4)18-13(17-11)9-6-5-7-10-15-14-8-16(9)10/h5-8H,1-4H3. The molecule has 6 heteroatoms. The van der Waals surface area contributed by atoms with Gasteiger partial charge in [0.05, 0.1) is 16.8 Å². The van der Waals surface area contributed by atoms with Crippen molar-refractivity contribution in [2.24, 2.45) is 0 Å². The third kappa shape index (κ3) is 1.56. The summed E-state index contributed by atoms with van der Waals surface area (Å²) in [6.07, 6.45) is 1.68. The lowest BCUT2D eigenvalue weighted by Crippen LogP contribution is -2.41. The molecule has 0 spiro atoms. The summed E-state index contributed by atoms with van der Waals surface area (Å²) in [5, 5.41) is 7.93. The zero-order chi connectivity index (χ0) is 13.0. The van der Waals surface area contributed by atoms with Crippen molar-refractivity contribution < 1.29 is 9.31 Å². The van der Waals surface area contributed by atoms with Crippen LogP contribution in [0.2, 0.25) is 0 Å². The van der Waals surface area contributed by atoms with E-state index in [9.17, 15) is 0 Å². The van der Waals surface area contributed by atoms with Crippen LogP contribution in [0.1, 0.15) is 27.7 Å². The number of hydrogen-bond donors (Lipinski definition) is 0. The van der Waals surface area contributed by atoms with Gasteiger partial charge in [-0.15, -0.1) is 10.2 Å². The van der Waals surface area contributed by atoms with Crippen molar-refractivity contribution in [1.29, 1.82) is 0 Å². The summed E-state index contributed by atoms with van der Waals surface area (Å²) in [4.78, 5) is 0. The molecule has 0 radical (unpaired) electrons. The third-order valence-corrected chi connectivity index (χ3v) is 3.86. The smallest absolute Gasteiger partial charge is 0.398 e. The van der Waals surface area contributed by atoms with Crippen molar-refractivity contribution in [2.45, 2.75) is 38.9 Å². The Kier molecular flexibility index (Phi) is 2.31. The largest absolute Gasteiger partial charge is 0.512 e. The molecule has 1 fully saturated rings. The first-order valence-electron chi connectivity index (χ1n) is 6.05. The predicted octanol–water partition coefficient (Wildman–Crippen LogP) is 1.03. The fourth-order valence-corrected chi connectivity index (χ4v) is 2.03. The SMILES string of the molecule is CC1(C)OB(c2cccc3nncn23)OC1(C)C. The number of nitrogens with zero attached hydrogens (tertiary/aromatic N) is 3. The molecule has 0 saturated carbocycles. The van der Waals surface area contributed by atoms with Gasteiger partial charge < -0.3 is 9.31 Å². The lowest BCUT2D eigenvalue weighted by molar-refractivity contribution is 0.00578. The lowest BCUT2D eigenvalue weighted by Gasteiger charge is -2.32. The summed E-state index contributed by atoms with van der Waals surface area (Å²) in [6, 6.07) is 5.81. The van der Waals surface area contributed by atoms with E-state index in [4.69, 9.17) is 9.31 Å². The minimum absolute atomic E-state index is 0.339.